The molecule has 2 aromatic heterocycles. The minimum Gasteiger partial charge on any atom is -0.438 e. The van der Waals surface area contributed by atoms with Crippen molar-refractivity contribution in [1.82, 2.24) is 9.97 Å². The SMILES string of the molecule is CC[C@@H](O)c1ncc(-c2c[nH]c3ccccc23)o1. The molecular weight excluding hydrogens is 228 g/mol. The summed E-state index contributed by atoms with van der Waals surface area (Å²) in [5.41, 5.74) is 2.02. The number of hydrogen-bond acceptors (Lipinski definition) is 3. The Morgan fingerprint density at radius 1 is 1.39 bits per heavy atom. The first-order valence-electron chi connectivity index (χ1n) is 6.00. The van der Waals surface area contributed by atoms with Crippen LogP contribution in [-0.4, -0.2) is 15.1 Å². The summed E-state index contributed by atoms with van der Waals surface area (Å²) >= 11 is 0. The number of rotatable bonds is 3. The molecule has 18 heavy (non-hydrogen) atoms. The van der Waals surface area contributed by atoms with Crippen molar-refractivity contribution in [2.24, 2.45) is 0 Å². The van der Waals surface area contributed by atoms with Gasteiger partial charge < -0.3 is 14.5 Å². The van der Waals surface area contributed by atoms with Crippen LogP contribution in [0.2, 0.25) is 0 Å². The molecule has 1 aromatic carbocycles. The van der Waals surface area contributed by atoms with Crippen molar-refractivity contribution >= 4 is 10.9 Å². The second-order valence-electron chi connectivity index (χ2n) is 4.23. The largest absolute Gasteiger partial charge is 0.438 e. The lowest BCUT2D eigenvalue weighted by atomic mass is 10.1. The summed E-state index contributed by atoms with van der Waals surface area (Å²) in [5, 5.41) is 10.8. The zero-order chi connectivity index (χ0) is 12.5. The number of aliphatic hydroxyl groups excluding tert-OH is 1. The van der Waals surface area contributed by atoms with Crippen molar-refractivity contribution in [2.45, 2.75) is 19.4 Å². The monoisotopic (exact) mass is 242 g/mol. The van der Waals surface area contributed by atoms with E-state index in [-0.39, 0.29) is 0 Å². The third kappa shape index (κ3) is 1.71. The topological polar surface area (TPSA) is 62.1 Å². The summed E-state index contributed by atoms with van der Waals surface area (Å²) in [6.45, 7) is 1.89. The van der Waals surface area contributed by atoms with Crippen molar-refractivity contribution < 1.29 is 9.52 Å². The van der Waals surface area contributed by atoms with E-state index in [9.17, 15) is 5.11 Å². The average Bonchev–Trinajstić information content (AvgIpc) is 3.03. The number of nitrogens with one attached hydrogen (secondary N) is 1. The summed E-state index contributed by atoms with van der Waals surface area (Å²) in [4.78, 5) is 7.31. The number of fused-ring (bicyclic) bond motifs is 1. The summed E-state index contributed by atoms with van der Waals surface area (Å²) in [5.74, 6) is 1.05. The first-order valence-corrected chi connectivity index (χ1v) is 6.00. The van der Waals surface area contributed by atoms with Gasteiger partial charge in [0.2, 0.25) is 5.89 Å². The number of aromatic amines is 1. The third-order valence-corrected chi connectivity index (χ3v) is 3.05. The van der Waals surface area contributed by atoms with Crippen molar-refractivity contribution in [1.29, 1.82) is 0 Å². The Morgan fingerprint density at radius 2 is 2.22 bits per heavy atom. The Bertz CT molecular complexity index is 669. The molecule has 0 aliphatic carbocycles. The number of aliphatic hydroxyl groups is 1. The second-order valence-corrected chi connectivity index (χ2v) is 4.23. The maximum atomic E-state index is 9.69. The van der Waals surface area contributed by atoms with E-state index in [0.717, 1.165) is 16.5 Å². The van der Waals surface area contributed by atoms with Crippen molar-refractivity contribution in [3.8, 4) is 11.3 Å². The molecular formula is C14H14N2O2. The van der Waals surface area contributed by atoms with E-state index < -0.39 is 6.10 Å². The summed E-state index contributed by atoms with van der Waals surface area (Å²) < 4.78 is 5.61. The van der Waals surface area contributed by atoms with Gasteiger partial charge in [-0.2, -0.15) is 0 Å². The lowest BCUT2D eigenvalue weighted by Crippen LogP contribution is -1.93. The number of para-hydroxylation sites is 1. The molecule has 0 saturated carbocycles. The van der Waals surface area contributed by atoms with Crippen LogP contribution in [0.25, 0.3) is 22.2 Å². The van der Waals surface area contributed by atoms with E-state index in [1.54, 1.807) is 6.20 Å². The molecule has 0 bridgehead atoms. The molecule has 0 amide bonds. The van der Waals surface area contributed by atoms with E-state index in [4.69, 9.17) is 4.42 Å². The smallest absolute Gasteiger partial charge is 0.223 e. The standard InChI is InChI=1S/C14H14N2O2/c1-2-12(17)14-16-8-13(18-14)10-7-15-11-6-4-3-5-9(10)11/h3-8,12,15,17H,2H2,1H3/t12-/m1/s1. The molecule has 1 atom stereocenters. The molecule has 0 fully saturated rings. The van der Waals surface area contributed by atoms with E-state index in [0.29, 0.717) is 18.1 Å². The number of benzene rings is 1. The van der Waals surface area contributed by atoms with Crippen molar-refractivity contribution in [2.75, 3.05) is 0 Å². The Morgan fingerprint density at radius 3 is 3.06 bits per heavy atom. The number of H-pyrrole nitrogens is 1. The second kappa shape index (κ2) is 4.31. The Hall–Kier alpha value is -2.07. The van der Waals surface area contributed by atoms with Crippen molar-refractivity contribution in [3.63, 3.8) is 0 Å². The molecule has 0 spiro atoms. The van der Waals surface area contributed by atoms with Gasteiger partial charge in [-0.05, 0) is 12.5 Å². The van der Waals surface area contributed by atoms with Gasteiger partial charge in [0.25, 0.3) is 0 Å². The molecule has 2 heterocycles. The van der Waals surface area contributed by atoms with Gasteiger partial charge in [-0.25, -0.2) is 4.98 Å². The van der Waals surface area contributed by atoms with Crippen LogP contribution in [0.3, 0.4) is 0 Å². The Labute approximate surface area is 104 Å². The predicted octanol–water partition coefficient (Wildman–Crippen LogP) is 3.27. The van der Waals surface area contributed by atoms with Gasteiger partial charge in [-0.1, -0.05) is 25.1 Å². The van der Waals surface area contributed by atoms with E-state index in [2.05, 4.69) is 9.97 Å². The van der Waals surface area contributed by atoms with Crippen LogP contribution < -0.4 is 0 Å². The van der Waals surface area contributed by atoms with Gasteiger partial charge in [-0.15, -0.1) is 0 Å². The summed E-state index contributed by atoms with van der Waals surface area (Å²) in [7, 11) is 0. The normalized spacial score (nSPS) is 13.0. The van der Waals surface area contributed by atoms with Crippen LogP contribution >= 0.6 is 0 Å². The number of hydrogen-bond donors (Lipinski definition) is 2. The highest BCUT2D eigenvalue weighted by Crippen LogP contribution is 2.30. The van der Waals surface area contributed by atoms with Gasteiger partial charge in [-0.3, -0.25) is 0 Å². The molecule has 3 aromatic rings. The van der Waals surface area contributed by atoms with Crippen LogP contribution in [0, 0.1) is 0 Å². The van der Waals surface area contributed by atoms with Crippen LogP contribution in [0.1, 0.15) is 25.3 Å². The Kier molecular flexibility index (Phi) is 2.64. The quantitative estimate of drug-likeness (QED) is 0.741. The third-order valence-electron chi connectivity index (χ3n) is 3.05. The average molecular weight is 242 g/mol. The molecule has 4 heteroatoms. The zero-order valence-electron chi connectivity index (χ0n) is 10.1. The molecule has 0 aliphatic rings. The molecule has 0 unspecified atom stereocenters. The first kappa shape index (κ1) is 11.0. The molecule has 4 nitrogen and oxygen atoms in total. The first-order chi connectivity index (χ1) is 8.79. The fourth-order valence-electron chi connectivity index (χ4n) is 2.02. The van der Waals surface area contributed by atoms with Gasteiger partial charge in [0.15, 0.2) is 5.76 Å². The van der Waals surface area contributed by atoms with Gasteiger partial charge in [0, 0.05) is 22.7 Å². The van der Waals surface area contributed by atoms with Gasteiger partial charge >= 0.3 is 0 Å². The fourth-order valence-corrected chi connectivity index (χ4v) is 2.02. The molecule has 2 N–H and O–H groups in total. The highest BCUT2D eigenvalue weighted by atomic mass is 16.4. The summed E-state index contributed by atoms with van der Waals surface area (Å²) in [6, 6.07) is 8.00. The van der Waals surface area contributed by atoms with Crippen LogP contribution in [0.5, 0.6) is 0 Å². The lowest BCUT2D eigenvalue weighted by molar-refractivity contribution is 0.140. The molecule has 92 valence electrons. The van der Waals surface area contributed by atoms with Gasteiger partial charge in [0.05, 0.1) is 6.20 Å². The lowest BCUT2D eigenvalue weighted by Gasteiger charge is -2.00. The number of oxazole rings is 1. The maximum Gasteiger partial charge on any atom is 0.223 e. The zero-order valence-corrected chi connectivity index (χ0v) is 10.1. The van der Waals surface area contributed by atoms with E-state index in [1.807, 2.05) is 37.4 Å². The molecule has 0 radical (unpaired) electrons. The highest BCUT2D eigenvalue weighted by molar-refractivity contribution is 5.93. The number of nitrogens with zero attached hydrogens (tertiary/aromatic N) is 1. The molecule has 0 saturated heterocycles. The van der Waals surface area contributed by atoms with Crippen molar-refractivity contribution in [3.05, 3.63) is 42.5 Å². The van der Waals surface area contributed by atoms with E-state index in [1.165, 1.54) is 0 Å². The Balaban J connectivity index is 2.07. The minimum absolute atomic E-state index is 0.373. The molecule has 0 aliphatic heterocycles. The maximum absolute atomic E-state index is 9.69. The minimum atomic E-state index is -0.635. The van der Waals surface area contributed by atoms with E-state index >= 15 is 0 Å². The van der Waals surface area contributed by atoms with Crippen LogP contribution in [-0.2, 0) is 0 Å². The number of aromatic nitrogens is 2. The predicted molar refractivity (Wildman–Crippen MR) is 69.0 cm³/mol. The van der Waals surface area contributed by atoms with Gasteiger partial charge in [0.1, 0.15) is 6.10 Å². The molecule has 3 rings (SSSR count). The van der Waals surface area contributed by atoms with Crippen LogP contribution in [0.4, 0.5) is 0 Å². The van der Waals surface area contributed by atoms with Crippen LogP contribution in [0.15, 0.2) is 41.1 Å². The summed E-state index contributed by atoms with van der Waals surface area (Å²) in [6.07, 6.45) is 3.51. The highest BCUT2D eigenvalue weighted by Gasteiger charge is 2.15. The fraction of sp³-hybridized carbons (Fsp3) is 0.214.